The summed E-state index contributed by atoms with van der Waals surface area (Å²) in [6.45, 7) is 5.10. The van der Waals surface area contributed by atoms with E-state index >= 15 is 0 Å². The van der Waals surface area contributed by atoms with Gasteiger partial charge in [0.15, 0.2) is 0 Å². The van der Waals surface area contributed by atoms with Gasteiger partial charge in [0.05, 0.1) is 13.2 Å². The maximum Gasteiger partial charge on any atom is 0.231 e. The summed E-state index contributed by atoms with van der Waals surface area (Å²) < 4.78 is 5.53. The molecular weight excluding hydrogens is 254 g/mol. The summed E-state index contributed by atoms with van der Waals surface area (Å²) in [6, 6.07) is 7.63. The van der Waals surface area contributed by atoms with Gasteiger partial charge in [-0.15, -0.1) is 0 Å². The van der Waals surface area contributed by atoms with Crippen molar-refractivity contribution < 1.29 is 9.53 Å². The van der Waals surface area contributed by atoms with Gasteiger partial charge in [0.1, 0.15) is 0 Å². The zero-order valence-corrected chi connectivity index (χ0v) is 12.2. The van der Waals surface area contributed by atoms with Gasteiger partial charge in [0, 0.05) is 25.4 Å². The van der Waals surface area contributed by atoms with Gasteiger partial charge in [-0.2, -0.15) is 0 Å². The Morgan fingerprint density at radius 3 is 2.55 bits per heavy atom. The summed E-state index contributed by atoms with van der Waals surface area (Å²) in [6.07, 6.45) is 2.18. The van der Waals surface area contributed by atoms with Gasteiger partial charge in [-0.1, -0.05) is 25.5 Å². The van der Waals surface area contributed by atoms with Crippen molar-refractivity contribution in [1.82, 2.24) is 4.90 Å². The lowest BCUT2D eigenvalue weighted by Crippen LogP contribution is -2.35. The molecule has 0 aliphatic heterocycles. The average molecular weight is 279 g/mol. The van der Waals surface area contributed by atoms with Gasteiger partial charge in [-0.25, -0.2) is 0 Å². The van der Waals surface area contributed by atoms with Crippen molar-refractivity contribution in [2.75, 3.05) is 32.0 Å². The van der Waals surface area contributed by atoms with E-state index in [0.717, 1.165) is 30.7 Å². The van der Waals surface area contributed by atoms with E-state index in [4.69, 9.17) is 16.2 Å². The minimum Gasteiger partial charge on any atom is -0.399 e. The number of rotatable bonds is 10. The predicted octanol–water partition coefficient (Wildman–Crippen LogP) is 1.37. The fourth-order valence-corrected chi connectivity index (χ4v) is 1.86. The molecule has 0 saturated carbocycles. The molecule has 1 aromatic rings. The van der Waals surface area contributed by atoms with Crippen LogP contribution in [0.2, 0.25) is 0 Å². The Labute approximate surface area is 120 Å². The first-order chi connectivity index (χ1) is 9.61. The largest absolute Gasteiger partial charge is 0.399 e. The molecule has 1 rings (SSSR count). The van der Waals surface area contributed by atoms with Gasteiger partial charge in [0.25, 0.3) is 0 Å². The third-order valence-electron chi connectivity index (χ3n) is 2.96. The summed E-state index contributed by atoms with van der Waals surface area (Å²) in [5.74, 6) is -0.325. The number of hydrogen-bond donors (Lipinski definition) is 2. The fraction of sp³-hybridized carbons (Fsp3) is 0.533. The summed E-state index contributed by atoms with van der Waals surface area (Å²) >= 11 is 0. The topological polar surface area (TPSA) is 81.6 Å². The summed E-state index contributed by atoms with van der Waals surface area (Å²) in [4.78, 5) is 13.1. The molecule has 0 saturated heterocycles. The predicted molar refractivity (Wildman–Crippen MR) is 81.1 cm³/mol. The van der Waals surface area contributed by atoms with E-state index in [2.05, 4.69) is 6.92 Å². The molecule has 0 aliphatic carbocycles. The molecule has 0 atom stereocenters. The molecule has 0 spiro atoms. The Morgan fingerprint density at radius 1 is 1.25 bits per heavy atom. The number of carbonyl (C=O) groups excluding carboxylic acids is 1. The number of carbonyl (C=O) groups is 1. The van der Waals surface area contributed by atoms with Crippen LogP contribution in [-0.2, 0) is 16.1 Å². The third-order valence-corrected chi connectivity index (χ3v) is 2.96. The standard InChI is InChI=1S/C15H25N3O2/c1-2-3-9-20-10-8-18(12-15(17)19)11-13-4-6-14(16)7-5-13/h4-7H,2-3,8-12,16H2,1H3,(H2,17,19). The zero-order valence-electron chi connectivity index (χ0n) is 12.2. The van der Waals surface area contributed by atoms with E-state index in [1.807, 2.05) is 29.2 Å². The molecule has 0 unspecified atom stereocenters. The van der Waals surface area contributed by atoms with Crippen LogP contribution < -0.4 is 11.5 Å². The first-order valence-corrected chi connectivity index (χ1v) is 7.04. The first-order valence-electron chi connectivity index (χ1n) is 7.04. The van der Waals surface area contributed by atoms with Crippen LogP contribution in [0.25, 0.3) is 0 Å². The van der Waals surface area contributed by atoms with Crippen molar-refractivity contribution in [3.63, 3.8) is 0 Å². The van der Waals surface area contributed by atoms with E-state index < -0.39 is 0 Å². The molecule has 5 heteroatoms. The highest BCUT2D eigenvalue weighted by atomic mass is 16.5. The first kappa shape index (κ1) is 16.5. The van der Waals surface area contributed by atoms with Crippen molar-refractivity contribution >= 4 is 11.6 Å². The highest BCUT2D eigenvalue weighted by molar-refractivity contribution is 5.75. The molecule has 5 nitrogen and oxygen atoms in total. The second kappa shape index (κ2) is 9.34. The Kier molecular flexibility index (Phi) is 7.69. The molecule has 0 heterocycles. The Hall–Kier alpha value is -1.59. The number of hydrogen-bond acceptors (Lipinski definition) is 4. The lowest BCUT2D eigenvalue weighted by atomic mass is 10.2. The van der Waals surface area contributed by atoms with Gasteiger partial charge < -0.3 is 16.2 Å². The van der Waals surface area contributed by atoms with E-state index in [-0.39, 0.29) is 12.5 Å². The highest BCUT2D eigenvalue weighted by Gasteiger charge is 2.09. The quantitative estimate of drug-likeness (QED) is 0.500. The number of ether oxygens (including phenoxy) is 1. The van der Waals surface area contributed by atoms with Crippen molar-refractivity contribution in [1.29, 1.82) is 0 Å². The summed E-state index contributed by atoms with van der Waals surface area (Å²) in [5, 5.41) is 0. The Morgan fingerprint density at radius 2 is 1.95 bits per heavy atom. The molecule has 0 aliphatic rings. The number of unbranched alkanes of at least 4 members (excludes halogenated alkanes) is 1. The SMILES string of the molecule is CCCCOCCN(CC(N)=O)Cc1ccc(N)cc1. The minimum absolute atomic E-state index is 0.238. The number of nitrogens with two attached hydrogens (primary N) is 2. The third kappa shape index (κ3) is 7.11. The van der Waals surface area contributed by atoms with Gasteiger partial charge >= 0.3 is 0 Å². The second-order valence-corrected chi connectivity index (χ2v) is 4.88. The Balaban J connectivity index is 2.42. The lowest BCUT2D eigenvalue weighted by Gasteiger charge is -2.20. The van der Waals surface area contributed by atoms with E-state index in [0.29, 0.717) is 19.7 Å². The van der Waals surface area contributed by atoms with Crippen molar-refractivity contribution in [3.8, 4) is 0 Å². The number of anilines is 1. The van der Waals surface area contributed by atoms with E-state index in [9.17, 15) is 4.79 Å². The molecule has 20 heavy (non-hydrogen) atoms. The number of amides is 1. The van der Waals surface area contributed by atoms with E-state index in [1.54, 1.807) is 0 Å². The van der Waals surface area contributed by atoms with Gasteiger partial charge in [-0.05, 0) is 24.1 Å². The molecule has 1 amide bonds. The normalized spacial score (nSPS) is 10.9. The maximum absolute atomic E-state index is 11.1. The summed E-state index contributed by atoms with van der Waals surface area (Å²) in [5.41, 5.74) is 12.8. The zero-order chi connectivity index (χ0) is 14.8. The highest BCUT2D eigenvalue weighted by Crippen LogP contribution is 2.08. The van der Waals surface area contributed by atoms with Gasteiger partial charge in [-0.3, -0.25) is 9.69 Å². The van der Waals surface area contributed by atoms with Gasteiger partial charge in [0.2, 0.25) is 5.91 Å². The number of primary amides is 1. The van der Waals surface area contributed by atoms with Crippen LogP contribution in [0.5, 0.6) is 0 Å². The molecule has 112 valence electrons. The molecular formula is C15H25N3O2. The molecule has 4 N–H and O–H groups in total. The van der Waals surface area contributed by atoms with Crippen molar-refractivity contribution in [2.24, 2.45) is 5.73 Å². The van der Waals surface area contributed by atoms with E-state index in [1.165, 1.54) is 0 Å². The summed E-state index contributed by atoms with van der Waals surface area (Å²) in [7, 11) is 0. The number of nitrogen functional groups attached to an aromatic ring is 1. The average Bonchev–Trinajstić information content (AvgIpc) is 2.40. The van der Waals surface area contributed by atoms with Crippen molar-refractivity contribution in [3.05, 3.63) is 29.8 Å². The smallest absolute Gasteiger partial charge is 0.231 e. The molecule has 0 fully saturated rings. The number of benzene rings is 1. The number of nitrogens with zero attached hydrogens (tertiary/aromatic N) is 1. The Bertz CT molecular complexity index is 393. The van der Waals surface area contributed by atoms with Crippen LogP contribution in [0.15, 0.2) is 24.3 Å². The van der Waals surface area contributed by atoms with Crippen LogP contribution in [0.4, 0.5) is 5.69 Å². The molecule has 0 radical (unpaired) electrons. The molecule has 0 aromatic heterocycles. The minimum atomic E-state index is -0.325. The van der Waals surface area contributed by atoms with Crippen molar-refractivity contribution in [2.45, 2.75) is 26.3 Å². The van der Waals surface area contributed by atoms with Crippen LogP contribution in [-0.4, -0.2) is 37.1 Å². The van der Waals surface area contributed by atoms with Crippen LogP contribution >= 0.6 is 0 Å². The molecule has 0 bridgehead atoms. The van der Waals surface area contributed by atoms with Crippen LogP contribution in [0.1, 0.15) is 25.3 Å². The fourth-order valence-electron chi connectivity index (χ4n) is 1.86. The monoisotopic (exact) mass is 279 g/mol. The second-order valence-electron chi connectivity index (χ2n) is 4.88. The van der Waals surface area contributed by atoms with Crippen LogP contribution in [0, 0.1) is 0 Å². The van der Waals surface area contributed by atoms with Crippen LogP contribution in [0.3, 0.4) is 0 Å². The maximum atomic E-state index is 11.1. The lowest BCUT2D eigenvalue weighted by molar-refractivity contribution is -0.119. The molecule has 1 aromatic carbocycles.